The van der Waals surface area contributed by atoms with Gasteiger partial charge in [-0.05, 0) is 23.3 Å². The van der Waals surface area contributed by atoms with Gasteiger partial charge in [0, 0.05) is 19.5 Å². The molecular weight excluding hydrogens is 304 g/mol. The van der Waals surface area contributed by atoms with Gasteiger partial charge in [-0.2, -0.15) is 0 Å². The van der Waals surface area contributed by atoms with Crippen molar-refractivity contribution in [1.29, 1.82) is 0 Å². The number of benzene rings is 2. The summed E-state index contributed by atoms with van der Waals surface area (Å²) in [4.78, 5) is 25.4. The number of primary amides is 1. The highest BCUT2D eigenvalue weighted by molar-refractivity contribution is 5.80. The molecule has 0 aromatic heterocycles. The van der Waals surface area contributed by atoms with E-state index in [4.69, 9.17) is 10.5 Å². The third kappa shape index (κ3) is 5.43. The highest BCUT2D eigenvalue weighted by atomic mass is 16.5. The summed E-state index contributed by atoms with van der Waals surface area (Å²) in [6, 6.07) is 17.1. The zero-order valence-electron chi connectivity index (χ0n) is 13.8. The molecule has 5 heteroatoms. The number of methoxy groups -OCH3 is 1. The quantitative estimate of drug-likeness (QED) is 0.808. The highest BCUT2D eigenvalue weighted by Gasteiger charge is 2.15. The lowest BCUT2D eigenvalue weighted by Crippen LogP contribution is -2.34. The summed E-state index contributed by atoms with van der Waals surface area (Å²) in [5, 5.41) is 0. The average Bonchev–Trinajstić information content (AvgIpc) is 2.60. The Morgan fingerprint density at radius 3 is 2.25 bits per heavy atom. The zero-order chi connectivity index (χ0) is 17.4. The molecule has 0 spiro atoms. The fourth-order valence-electron chi connectivity index (χ4n) is 2.37. The maximum Gasteiger partial charge on any atom is 0.227 e. The van der Waals surface area contributed by atoms with Crippen molar-refractivity contribution in [2.24, 2.45) is 5.73 Å². The number of carbonyl (C=O) groups excluding carboxylic acids is 2. The van der Waals surface area contributed by atoms with Crippen LogP contribution < -0.4 is 10.5 Å². The summed E-state index contributed by atoms with van der Waals surface area (Å²) in [5.74, 6) is 0.302. The third-order valence-electron chi connectivity index (χ3n) is 3.71. The molecule has 0 radical (unpaired) electrons. The van der Waals surface area contributed by atoms with Crippen LogP contribution >= 0.6 is 0 Å². The van der Waals surface area contributed by atoms with Crippen LogP contribution in [0.4, 0.5) is 0 Å². The van der Waals surface area contributed by atoms with Gasteiger partial charge in [-0.15, -0.1) is 0 Å². The SMILES string of the molecule is COc1ccc(CC(=O)N(CCC(N)=O)Cc2ccccc2)cc1. The fourth-order valence-corrected chi connectivity index (χ4v) is 2.37. The molecule has 0 unspecified atom stereocenters. The second-order valence-corrected chi connectivity index (χ2v) is 5.54. The van der Waals surface area contributed by atoms with E-state index >= 15 is 0 Å². The van der Waals surface area contributed by atoms with E-state index in [1.165, 1.54) is 0 Å². The lowest BCUT2D eigenvalue weighted by molar-refractivity contribution is -0.131. The van der Waals surface area contributed by atoms with Gasteiger partial charge in [-0.25, -0.2) is 0 Å². The summed E-state index contributed by atoms with van der Waals surface area (Å²) in [6.45, 7) is 0.780. The van der Waals surface area contributed by atoms with Crippen molar-refractivity contribution in [3.8, 4) is 5.75 Å². The Balaban J connectivity index is 2.06. The Kier molecular flexibility index (Phi) is 6.37. The standard InChI is InChI=1S/C19H22N2O3/c1-24-17-9-7-15(8-10-17)13-19(23)21(12-11-18(20)22)14-16-5-3-2-4-6-16/h2-10H,11-14H2,1H3,(H2,20,22). The Morgan fingerprint density at radius 2 is 1.67 bits per heavy atom. The van der Waals surface area contributed by atoms with Gasteiger partial charge in [0.05, 0.1) is 13.5 Å². The van der Waals surface area contributed by atoms with Gasteiger partial charge in [0.2, 0.25) is 11.8 Å². The molecule has 0 saturated heterocycles. The van der Waals surface area contributed by atoms with Crippen LogP contribution in [0.5, 0.6) is 5.75 Å². The normalized spacial score (nSPS) is 10.2. The van der Waals surface area contributed by atoms with Crippen LogP contribution in [-0.2, 0) is 22.6 Å². The van der Waals surface area contributed by atoms with Gasteiger partial charge in [-0.3, -0.25) is 9.59 Å². The van der Waals surface area contributed by atoms with Crippen LogP contribution in [-0.4, -0.2) is 30.4 Å². The van der Waals surface area contributed by atoms with Crippen LogP contribution in [0.1, 0.15) is 17.5 Å². The monoisotopic (exact) mass is 326 g/mol. The average molecular weight is 326 g/mol. The van der Waals surface area contributed by atoms with Crippen LogP contribution in [0, 0.1) is 0 Å². The number of nitrogens with zero attached hydrogens (tertiary/aromatic N) is 1. The molecule has 0 aliphatic rings. The van der Waals surface area contributed by atoms with Crippen LogP contribution in [0.3, 0.4) is 0 Å². The van der Waals surface area contributed by atoms with Crippen molar-refractivity contribution in [2.45, 2.75) is 19.4 Å². The maximum absolute atomic E-state index is 12.6. The molecule has 2 aromatic rings. The van der Waals surface area contributed by atoms with E-state index in [9.17, 15) is 9.59 Å². The molecule has 126 valence electrons. The van der Waals surface area contributed by atoms with Gasteiger partial charge in [-0.1, -0.05) is 42.5 Å². The topological polar surface area (TPSA) is 72.6 Å². The molecule has 0 atom stereocenters. The minimum Gasteiger partial charge on any atom is -0.497 e. The second kappa shape index (κ2) is 8.72. The van der Waals surface area contributed by atoms with Crippen molar-refractivity contribution in [3.05, 3.63) is 65.7 Å². The van der Waals surface area contributed by atoms with Gasteiger partial charge < -0.3 is 15.4 Å². The minimum atomic E-state index is -0.412. The summed E-state index contributed by atoms with van der Waals surface area (Å²) < 4.78 is 5.12. The van der Waals surface area contributed by atoms with Crippen molar-refractivity contribution in [1.82, 2.24) is 4.90 Å². The van der Waals surface area contributed by atoms with E-state index in [1.807, 2.05) is 54.6 Å². The molecular formula is C19H22N2O3. The number of nitrogens with two attached hydrogens (primary N) is 1. The van der Waals surface area contributed by atoms with Crippen LogP contribution in [0.25, 0.3) is 0 Å². The highest BCUT2D eigenvalue weighted by Crippen LogP contribution is 2.13. The van der Waals surface area contributed by atoms with Crippen molar-refractivity contribution < 1.29 is 14.3 Å². The summed E-state index contributed by atoms with van der Waals surface area (Å²) in [6.07, 6.45) is 0.427. The van der Waals surface area contributed by atoms with Gasteiger partial charge in [0.15, 0.2) is 0 Å². The first-order chi connectivity index (χ1) is 11.6. The van der Waals surface area contributed by atoms with Gasteiger partial charge in [0.25, 0.3) is 0 Å². The lowest BCUT2D eigenvalue weighted by Gasteiger charge is -2.22. The van der Waals surface area contributed by atoms with E-state index in [0.29, 0.717) is 13.1 Å². The summed E-state index contributed by atoms with van der Waals surface area (Å²) in [7, 11) is 1.60. The molecule has 0 saturated carbocycles. The fraction of sp³-hybridized carbons (Fsp3) is 0.263. The largest absolute Gasteiger partial charge is 0.497 e. The number of hydrogen-bond acceptors (Lipinski definition) is 3. The third-order valence-corrected chi connectivity index (χ3v) is 3.71. The Hall–Kier alpha value is -2.82. The number of carbonyl (C=O) groups is 2. The number of hydrogen-bond donors (Lipinski definition) is 1. The number of rotatable bonds is 8. The van der Waals surface area contributed by atoms with E-state index in [-0.39, 0.29) is 18.7 Å². The predicted octanol–water partition coefficient (Wildman–Crippen LogP) is 2.14. The minimum absolute atomic E-state index is 0.0368. The molecule has 0 aliphatic heterocycles. The molecule has 24 heavy (non-hydrogen) atoms. The lowest BCUT2D eigenvalue weighted by atomic mass is 10.1. The molecule has 2 aromatic carbocycles. The summed E-state index contributed by atoms with van der Waals surface area (Å²) >= 11 is 0. The van der Waals surface area contributed by atoms with Crippen molar-refractivity contribution in [2.75, 3.05) is 13.7 Å². The smallest absolute Gasteiger partial charge is 0.227 e. The van der Waals surface area contributed by atoms with E-state index in [2.05, 4.69) is 0 Å². The maximum atomic E-state index is 12.6. The van der Waals surface area contributed by atoms with E-state index in [1.54, 1.807) is 12.0 Å². The first-order valence-electron chi connectivity index (χ1n) is 7.81. The molecule has 2 N–H and O–H groups in total. The van der Waals surface area contributed by atoms with Gasteiger partial charge >= 0.3 is 0 Å². The Bertz CT molecular complexity index is 669. The van der Waals surface area contributed by atoms with Crippen LogP contribution in [0.2, 0.25) is 0 Å². The Morgan fingerprint density at radius 1 is 1.00 bits per heavy atom. The van der Waals surface area contributed by atoms with E-state index < -0.39 is 5.91 Å². The molecule has 2 amide bonds. The van der Waals surface area contributed by atoms with E-state index in [0.717, 1.165) is 16.9 Å². The first kappa shape index (κ1) is 17.5. The van der Waals surface area contributed by atoms with Crippen molar-refractivity contribution in [3.63, 3.8) is 0 Å². The molecule has 5 nitrogen and oxygen atoms in total. The molecule has 2 rings (SSSR count). The molecule has 0 heterocycles. The number of ether oxygens (including phenoxy) is 1. The molecule has 0 bridgehead atoms. The Labute approximate surface area is 142 Å². The molecule has 0 fully saturated rings. The van der Waals surface area contributed by atoms with Gasteiger partial charge in [0.1, 0.15) is 5.75 Å². The summed E-state index contributed by atoms with van der Waals surface area (Å²) in [5.41, 5.74) is 7.15. The van der Waals surface area contributed by atoms with Crippen molar-refractivity contribution >= 4 is 11.8 Å². The van der Waals surface area contributed by atoms with Crippen LogP contribution in [0.15, 0.2) is 54.6 Å². The zero-order valence-corrected chi connectivity index (χ0v) is 13.8. The molecule has 0 aliphatic carbocycles. The number of amides is 2. The first-order valence-corrected chi connectivity index (χ1v) is 7.81. The second-order valence-electron chi connectivity index (χ2n) is 5.54. The predicted molar refractivity (Wildman–Crippen MR) is 92.4 cm³/mol.